The molecule has 1 amide bonds. The lowest BCUT2D eigenvalue weighted by molar-refractivity contribution is -0.137. The number of aromatic nitrogens is 4. The van der Waals surface area contributed by atoms with Crippen molar-refractivity contribution in [1.82, 2.24) is 20.0 Å². The van der Waals surface area contributed by atoms with Crippen LogP contribution in [-0.4, -0.2) is 25.9 Å². The monoisotopic (exact) mass is 481 g/mol. The summed E-state index contributed by atoms with van der Waals surface area (Å²) in [5, 5.41) is 10.4. The molecule has 0 aliphatic carbocycles. The highest BCUT2D eigenvalue weighted by atomic mass is 19.4. The lowest BCUT2D eigenvalue weighted by Crippen LogP contribution is -2.14. The summed E-state index contributed by atoms with van der Waals surface area (Å²) in [6, 6.07) is 6.80. The minimum atomic E-state index is -4.58. The maximum Gasteiger partial charge on any atom is 0.416 e. The van der Waals surface area contributed by atoms with Crippen LogP contribution in [0.1, 0.15) is 40.4 Å². The van der Waals surface area contributed by atoms with E-state index in [1.54, 1.807) is 0 Å². The fraction of sp³-hybridized carbons (Fsp3) is 0.238. The van der Waals surface area contributed by atoms with Gasteiger partial charge in [0, 0.05) is 19.4 Å². The van der Waals surface area contributed by atoms with Gasteiger partial charge in [-0.2, -0.15) is 31.8 Å². The maximum atomic E-state index is 13.3. The Morgan fingerprint density at radius 3 is 2.56 bits per heavy atom. The predicted octanol–water partition coefficient (Wildman–Crippen LogP) is 5.27. The number of anilines is 1. The number of nitrogens with zero attached hydrogens (tertiary/aromatic N) is 4. The highest BCUT2D eigenvalue weighted by Gasteiger charge is 2.32. The van der Waals surface area contributed by atoms with Crippen LogP contribution in [0.15, 0.2) is 51.4 Å². The quantitative estimate of drug-likeness (QED) is 0.377. The van der Waals surface area contributed by atoms with Gasteiger partial charge in [0.05, 0.1) is 11.8 Å². The van der Waals surface area contributed by atoms with Gasteiger partial charge in [-0.05, 0) is 24.3 Å². The molecule has 13 heteroatoms. The molecule has 8 nitrogen and oxygen atoms in total. The van der Waals surface area contributed by atoms with Crippen LogP contribution in [0.25, 0.3) is 11.3 Å². The summed E-state index contributed by atoms with van der Waals surface area (Å²) in [5.74, 6) is -4.34. The van der Waals surface area contributed by atoms with E-state index in [0.29, 0.717) is 6.92 Å². The first-order chi connectivity index (χ1) is 15.9. The normalized spacial score (nSPS) is 12.2. The van der Waals surface area contributed by atoms with Gasteiger partial charge in [0.2, 0.25) is 0 Å². The molecule has 4 rings (SSSR count). The molecular weight excluding hydrogens is 465 g/mol. The van der Waals surface area contributed by atoms with Gasteiger partial charge < -0.3 is 14.2 Å². The molecule has 3 aromatic heterocycles. The highest BCUT2D eigenvalue weighted by molar-refractivity contribution is 6.05. The van der Waals surface area contributed by atoms with E-state index in [-0.39, 0.29) is 41.0 Å². The zero-order chi connectivity index (χ0) is 24.7. The van der Waals surface area contributed by atoms with E-state index >= 15 is 0 Å². The third-order valence-corrected chi connectivity index (χ3v) is 4.57. The van der Waals surface area contributed by atoms with E-state index in [2.05, 4.69) is 20.5 Å². The summed E-state index contributed by atoms with van der Waals surface area (Å²) in [4.78, 5) is 17.8. The number of carbonyl (C=O) groups is 1. The number of benzene rings is 1. The lowest BCUT2D eigenvalue weighted by atomic mass is 10.1. The number of hydrogen-bond acceptors (Lipinski definition) is 6. The molecule has 0 bridgehead atoms. The summed E-state index contributed by atoms with van der Waals surface area (Å²) >= 11 is 0. The van der Waals surface area contributed by atoms with E-state index in [1.165, 1.54) is 31.3 Å². The maximum absolute atomic E-state index is 13.3. The minimum Gasteiger partial charge on any atom is -0.458 e. The van der Waals surface area contributed by atoms with Gasteiger partial charge in [0.15, 0.2) is 28.9 Å². The predicted molar refractivity (Wildman–Crippen MR) is 107 cm³/mol. The Balaban J connectivity index is 1.52. The van der Waals surface area contributed by atoms with Crippen molar-refractivity contribution in [3.63, 3.8) is 0 Å². The number of amides is 1. The zero-order valence-corrected chi connectivity index (χ0v) is 17.7. The third kappa shape index (κ3) is 4.97. The van der Waals surface area contributed by atoms with Crippen LogP contribution in [0.3, 0.4) is 0 Å². The standard InChI is InChI=1S/C21H16F5N5O3/c1-11-28-17(18(33-11)12-4-3-5-13(8-12)21(24,25)26)19(32)29-16-9-27-31(30-16)10-14-6-7-15(34-14)20(2,22)23/h3-9H,10H2,1-2H3,(H,29,30,32). The van der Waals surface area contributed by atoms with Gasteiger partial charge in [0.25, 0.3) is 5.91 Å². The summed E-state index contributed by atoms with van der Waals surface area (Å²) in [6.45, 7) is 2.07. The first kappa shape index (κ1) is 23.1. The number of aryl methyl sites for hydroxylation is 1. The van der Waals surface area contributed by atoms with Gasteiger partial charge in [0.1, 0.15) is 12.3 Å². The van der Waals surface area contributed by atoms with Crippen LogP contribution in [0.4, 0.5) is 27.8 Å². The molecule has 178 valence electrons. The summed E-state index contributed by atoms with van der Waals surface area (Å²) in [7, 11) is 0. The molecule has 0 atom stereocenters. The smallest absolute Gasteiger partial charge is 0.416 e. The molecule has 0 aliphatic rings. The van der Waals surface area contributed by atoms with Crippen molar-refractivity contribution in [2.75, 3.05) is 5.32 Å². The molecule has 0 saturated carbocycles. The molecule has 0 radical (unpaired) electrons. The molecule has 0 fully saturated rings. The van der Waals surface area contributed by atoms with Crippen LogP contribution in [0, 0.1) is 6.92 Å². The Morgan fingerprint density at radius 1 is 1.12 bits per heavy atom. The number of alkyl halides is 5. The number of furan rings is 1. The molecule has 0 saturated heterocycles. The Morgan fingerprint density at radius 2 is 1.88 bits per heavy atom. The fourth-order valence-corrected chi connectivity index (χ4v) is 3.06. The molecule has 0 aliphatic heterocycles. The Labute approximate surface area is 188 Å². The second-order valence-corrected chi connectivity index (χ2v) is 7.36. The molecule has 34 heavy (non-hydrogen) atoms. The molecule has 0 unspecified atom stereocenters. The van der Waals surface area contributed by atoms with Gasteiger partial charge in [-0.15, -0.1) is 5.10 Å². The zero-order valence-electron chi connectivity index (χ0n) is 17.7. The van der Waals surface area contributed by atoms with Gasteiger partial charge in [-0.3, -0.25) is 4.79 Å². The van der Waals surface area contributed by atoms with Gasteiger partial charge in [-0.25, -0.2) is 4.98 Å². The highest BCUT2D eigenvalue weighted by Crippen LogP contribution is 2.33. The molecule has 4 aromatic rings. The molecule has 1 aromatic carbocycles. The minimum absolute atomic E-state index is 0.00625. The molecular formula is C21H16F5N5O3. The van der Waals surface area contributed by atoms with Crippen LogP contribution in [-0.2, 0) is 18.6 Å². The number of hydrogen-bond donors (Lipinski definition) is 1. The topological polar surface area (TPSA) is 99.0 Å². The fourth-order valence-electron chi connectivity index (χ4n) is 3.06. The molecule has 1 N–H and O–H groups in total. The second-order valence-electron chi connectivity index (χ2n) is 7.36. The second kappa shape index (κ2) is 8.39. The van der Waals surface area contributed by atoms with Gasteiger partial charge >= 0.3 is 12.1 Å². The van der Waals surface area contributed by atoms with E-state index in [4.69, 9.17) is 8.83 Å². The Bertz CT molecular complexity index is 1330. The van der Waals surface area contributed by atoms with Crippen LogP contribution in [0.5, 0.6) is 0 Å². The van der Waals surface area contributed by atoms with E-state index in [9.17, 15) is 26.7 Å². The number of oxazole rings is 1. The molecule has 3 heterocycles. The summed E-state index contributed by atoms with van der Waals surface area (Å²) in [5.41, 5.74) is -1.13. The average molecular weight is 481 g/mol. The van der Waals surface area contributed by atoms with Crippen molar-refractivity contribution in [2.24, 2.45) is 0 Å². The van der Waals surface area contributed by atoms with Crippen LogP contribution >= 0.6 is 0 Å². The Kier molecular flexibility index (Phi) is 5.71. The van der Waals surface area contributed by atoms with Crippen LogP contribution in [0.2, 0.25) is 0 Å². The number of halogens is 5. The molecule has 0 spiro atoms. The van der Waals surface area contributed by atoms with Gasteiger partial charge in [-0.1, -0.05) is 12.1 Å². The summed E-state index contributed by atoms with van der Waals surface area (Å²) < 4.78 is 76.3. The van der Waals surface area contributed by atoms with E-state index in [0.717, 1.165) is 23.0 Å². The SMILES string of the molecule is Cc1nc(C(=O)Nc2cnn(Cc3ccc(C(C)(F)F)o3)n2)c(-c2cccc(C(F)(F)F)c2)o1. The van der Waals surface area contributed by atoms with Crippen molar-refractivity contribution in [3.8, 4) is 11.3 Å². The lowest BCUT2D eigenvalue weighted by Gasteiger charge is -2.08. The van der Waals surface area contributed by atoms with Crippen molar-refractivity contribution in [3.05, 3.63) is 71.3 Å². The van der Waals surface area contributed by atoms with E-state index in [1.807, 2.05) is 0 Å². The number of rotatable bonds is 6. The average Bonchev–Trinajstić information content (AvgIpc) is 3.48. The van der Waals surface area contributed by atoms with Crippen molar-refractivity contribution in [2.45, 2.75) is 32.5 Å². The van der Waals surface area contributed by atoms with Crippen molar-refractivity contribution in [1.29, 1.82) is 0 Å². The summed E-state index contributed by atoms with van der Waals surface area (Å²) in [6.07, 6.45) is -3.37. The number of carbonyl (C=O) groups excluding carboxylic acids is 1. The first-order valence-electron chi connectivity index (χ1n) is 9.74. The van der Waals surface area contributed by atoms with Crippen molar-refractivity contribution >= 4 is 11.7 Å². The number of nitrogens with one attached hydrogen (secondary N) is 1. The third-order valence-electron chi connectivity index (χ3n) is 4.57. The van der Waals surface area contributed by atoms with Crippen molar-refractivity contribution < 1.29 is 35.6 Å². The first-order valence-corrected chi connectivity index (χ1v) is 9.74. The Hall–Kier alpha value is -4.03. The van der Waals surface area contributed by atoms with Crippen LogP contribution < -0.4 is 5.32 Å². The van der Waals surface area contributed by atoms with E-state index < -0.39 is 29.3 Å². The largest absolute Gasteiger partial charge is 0.458 e.